The Bertz CT molecular complexity index is 932. The van der Waals surface area contributed by atoms with Gasteiger partial charge in [0.2, 0.25) is 0 Å². The standard InChI is InChI=1S/C20H22ClN3O2S/c1-14-12-15(21)13-17-18(14)22-20(27-17)24(19(25)16-6-4-11-26-16)10-5-9-23-7-2-3-8-23/h2-3,7-8,12-13,16H,4-6,9-11H2,1H3. The van der Waals surface area contributed by atoms with Gasteiger partial charge in [-0.2, -0.15) is 0 Å². The summed E-state index contributed by atoms with van der Waals surface area (Å²) in [6.45, 7) is 4.12. The number of anilines is 1. The molecule has 1 amide bonds. The summed E-state index contributed by atoms with van der Waals surface area (Å²) >= 11 is 7.71. The van der Waals surface area contributed by atoms with Crippen LogP contribution in [0.3, 0.4) is 0 Å². The number of carbonyl (C=O) groups is 1. The second-order valence-electron chi connectivity index (χ2n) is 6.83. The van der Waals surface area contributed by atoms with E-state index >= 15 is 0 Å². The van der Waals surface area contributed by atoms with E-state index in [1.165, 1.54) is 11.3 Å². The second kappa shape index (κ2) is 8.00. The van der Waals surface area contributed by atoms with Gasteiger partial charge in [-0.05, 0) is 56.0 Å². The Morgan fingerprint density at radius 1 is 1.41 bits per heavy atom. The second-order valence-corrected chi connectivity index (χ2v) is 8.28. The number of ether oxygens (including phenoxy) is 1. The smallest absolute Gasteiger partial charge is 0.257 e. The number of aromatic nitrogens is 2. The van der Waals surface area contributed by atoms with E-state index in [1.807, 2.05) is 43.6 Å². The maximum absolute atomic E-state index is 13.1. The molecule has 2 aromatic heterocycles. The first-order valence-corrected chi connectivity index (χ1v) is 10.4. The van der Waals surface area contributed by atoms with Crippen molar-refractivity contribution in [3.05, 3.63) is 47.2 Å². The van der Waals surface area contributed by atoms with Gasteiger partial charge in [-0.3, -0.25) is 9.69 Å². The van der Waals surface area contributed by atoms with Crippen molar-refractivity contribution in [3.8, 4) is 0 Å². The molecule has 0 saturated carbocycles. The molecule has 0 bridgehead atoms. The molecule has 1 atom stereocenters. The molecule has 1 saturated heterocycles. The highest BCUT2D eigenvalue weighted by atomic mass is 35.5. The first-order chi connectivity index (χ1) is 13.1. The van der Waals surface area contributed by atoms with Crippen molar-refractivity contribution < 1.29 is 9.53 Å². The molecule has 1 aliphatic heterocycles. The molecule has 7 heteroatoms. The van der Waals surface area contributed by atoms with Crippen LogP contribution in [0, 0.1) is 6.92 Å². The predicted octanol–water partition coefficient (Wildman–Crippen LogP) is 4.66. The Morgan fingerprint density at radius 3 is 2.96 bits per heavy atom. The monoisotopic (exact) mass is 403 g/mol. The molecule has 0 spiro atoms. The van der Waals surface area contributed by atoms with Gasteiger partial charge in [-0.25, -0.2) is 4.98 Å². The molecule has 1 aliphatic rings. The van der Waals surface area contributed by atoms with E-state index in [-0.39, 0.29) is 12.0 Å². The molecule has 0 aliphatic carbocycles. The minimum atomic E-state index is -0.353. The van der Waals surface area contributed by atoms with Crippen LogP contribution in [0.5, 0.6) is 0 Å². The quantitative estimate of drug-likeness (QED) is 0.601. The Balaban J connectivity index is 1.60. The van der Waals surface area contributed by atoms with E-state index in [0.29, 0.717) is 18.2 Å². The number of thiazole rings is 1. The van der Waals surface area contributed by atoms with Crippen molar-refractivity contribution in [3.63, 3.8) is 0 Å². The van der Waals surface area contributed by atoms with Gasteiger partial charge in [-0.1, -0.05) is 22.9 Å². The van der Waals surface area contributed by atoms with Crippen LogP contribution in [-0.2, 0) is 16.1 Å². The van der Waals surface area contributed by atoms with Crippen molar-refractivity contribution >= 4 is 44.2 Å². The van der Waals surface area contributed by atoms with E-state index in [4.69, 9.17) is 21.3 Å². The zero-order chi connectivity index (χ0) is 18.8. The van der Waals surface area contributed by atoms with Crippen LogP contribution >= 0.6 is 22.9 Å². The Hall–Kier alpha value is -1.89. The number of halogens is 1. The topological polar surface area (TPSA) is 47.4 Å². The highest BCUT2D eigenvalue weighted by Gasteiger charge is 2.30. The highest BCUT2D eigenvalue weighted by molar-refractivity contribution is 7.22. The summed E-state index contributed by atoms with van der Waals surface area (Å²) in [6.07, 6.45) is 6.28. The van der Waals surface area contributed by atoms with E-state index in [9.17, 15) is 4.79 Å². The zero-order valence-corrected chi connectivity index (χ0v) is 16.8. The number of amides is 1. The van der Waals surface area contributed by atoms with Gasteiger partial charge in [0, 0.05) is 37.1 Å². The first-order valence-electron chi connectivity index (χ1n) is 9.22. The Kier molecular flexibility index (Phi) is 5.48. The van der Waals surface area contributed by atoms with Crippen molar-refractivity contribution in [2.75, 3.05) is 18.1 Å². The zero-order valence-electron chi connectivity index (χ0n) is 15.2. The van der Waals surface area contributed by atoms with Crippen LogP contribution in [0.2, 0.25) is 5.02 Å². The molecule has 5 nitrogen and oxygen atoms in total. The third-order valence-electron chi connectivity index (χ3n) is 4.81. The molecule has 3 aromatic rings. The normalized spacial score (nSPS) is 16.9. The van der Waals surface area contributed by atoms with Crippen molar-refractivity contribution in [1.29, 1.82) is 0 Å². The summed E-state index contributed by atoms with van der Waals surface area (Å²) in [4.78, 5) is 19.7. The number of carbonyl (C=O) groups excluding carboxylic acids is 1. The van der Waals surface area contributed by atoms with E-state index in [1.54, 1.807) is 4.90 Å². The summed E-state index contributed by atoms with van der Waals surface area (Å²) in [5.74, 6) is 0.0165. The molecule has 0 N–H and O–H groups in total. The number of rotatable bonds is 6. The molecule has 0 radical (unpaired) electrons. The maximum atomic E-state index is 13.1. The van der Waals surface area contributed by atoms with Crippen molar-refractivity contribution in [2.45, 2.75) is 38.8 Å². The molecular formula is C20H22ClN3O2S. The molecule has 3 heterocycles. The van der Waals surface area contributed by atoms with Crippen LogP contribution in [0.25, 0.3) is 10.2 Å². The van der Waals surface area contributed by atoms with Crippen LogP contribution < -0.4 is 4.90 Å². The molecular weight excluding hydrogens is 382 g/mol. The summed E-state index contributed by atoms with van der Waals surface area (Å²) in [5, 5.41) is 1.42. The van der Waals surface area contributed by atoms with Gasteiger partial charge in [0.25, 0.3) is 5.91 Å². The van der Waals surface area contributed by atoms with Crippen molar-refractivity contribution in [1.82, 2.24) is 9.55 Å². The van der Waals surface area contributed by atoms with Gasteiger partial charge >= 0.3 is 0 Å². The average molecular weight is 404 g/mol. The lowest BCUT2D eigenvalue weighted by atomic mass is 10.2. The number of fused-ring (bicyclic) bond motifs is 1. The van der Waals surface area contributed by atoms with Crippen molar-refractivity contribution in [2.24, 2.45) is 0 Å². The van der Waals surface area contributed by atoms with E-state index in [0.717, 1.165) is 46.7 Å². The lowest BCUT2D eigenvalue weighted by Crippen LogP contribution is -2.40. The van der Waals surface area contributed by atoms with E-state index < -0.39 is 0 Å². The lowest BCUT2D eigenvalue weighted by Gasteiger charge is -2.23. The summed E-state index contributed by atoms with van der Waals surface area (Å²) < 4.78 is 8.77. The molecule has 1 unspecified atom stereocenters. The lowest BCUT2D eigenvalue weighted by molar-refractivity contribution is -0.127. The Labute approximate surface area is 167 Å². The third kappa shape index (κ3) is 4.03. The maximum Gasteiger partial charge on any atom is 0.257 e. The number of aryl methyl sites for hydroxylation is 2. The molecule has 27 heavy (non-hydrogen) atoms. The van der Waals surface area contributed by atoms with Gasteiger partial charge < -0.3 is 9.30 Å². The Morgan fingerprint density at radius 2 is 2.22 bits per heavy atom. The largest absolute Gasteiger partial charge is 0.368 e. The summed E-state index contributed by atoms with van der Waals surface area (Å²) in [6, 6.07) is 7.84. The minimum Gasteiger partial charge on any atom is -0.368 e. The fourth-order valence-corrected chi connectivity index (χ4v) is 4.89. The van der Waals surface area contributed by atoms with Crippen LogP contribution in [0.4, 0.5) is 5.13 Å². The first kappa shape index (κ1) is 18.5. The van der Waals surface area contributed by atoms with Gasteiger partial charge in [-0.15, -0.1) is 0 Å². The predicted molar refractivity (Wildman–Crippen MR) is 110 cm³/mol. The van der Waals surface area contributed by atoms with E-state index in [2.05, 4.69) is 4.57 Å². The van der Waals surface area contributed by atoms with Crippen LogP contribution in [0.15, 0.2) is 36.7 Å². The SMILES string of the molecule is Cc1cc(Cl)cc2sc(N(CCCn3cccc3)C(=O)C3CCCO3)nc12. The van der Waals surface area contributed by atoms with Crippen LogP contribution in [0.1, 0.15) is 24.8 Å². The summed E-state index contributed by atoms with van der Waals surface area (Å²) in [7, 11) is 0. The molecule has 142 valence electrons. The van der Waals surface area contributed by atoms with Gasteiger partial charge in [0.15, 0.2) is 5.13 Å². The highest BCUT2D eigenvalue weighted by Crippen LogP contribution is 2.34. The van der Waals surface area contributed by atoms with Crippen LogP contribution in [-0.4, -0.2) is 34.7 Å². The number of nitrogens with zero attached hydrogens (tertiary/aromatic N) is 3. The third-order valence-corrected chi connectivity index (χ3v) is 6.05. The van der Waals surface area contributed by atoms with Gasteiger partial charge in [0.05, 0.1) is 10.2 Å². The molecule has 1 fully saturated rings. The summed E-state index contributed by atoms with van der Waals surface area (Å²) in [5.41, 5.74) is 1.94. The minimum absolute atomic E-state index is 0.0165. The fourth-order valence-electron chi connectivity index (χ4n) is 3.44. The number of hydrogen-bond donors (Lipinski definition) is 0. The number of hydrogen-bond acceptors (Lipinski definition) is 4. The molecule has 4 rings (SSSR count). The number of benzene rings is 1. The molecule has 1 aromatic carbocycles. The fraction of sp³-hybridized carbons (Fsp3) is 0.400. The van der Waals surface area contributed by atoms with Gasteiger partial charge in [0.1, 0.15) is 6.10 Å². The average Bonchev–Trinajstić information content (AvgIpc) is 3.38.